The van der Waals surface area contributed by atoms with Crippen LogP contribution in [0.3, 0.4) is 0 Å². The normalized spacial score (nSPS) is 16.7. The molecular weight excluding hydrogens is 332 g/mol. The highest BCUT2D eigenvalue weighted by Gasteiger charge is 2.25. The van der Waals surface area contributed by atoms with Crippen LogP contribution in [0.1, 0.15) is 31.7 Å². The lowest BCUT2D eigenvalue weighted by atomic mass is 10.1. The number of carbonyl (C=O) groups is 1. The van der Waals surface area contributed by atoms with Crippen molar-refractivity contribution in [2.75, 3.05) is 12.3 Å². The van der Waals surface area contributed by atoms with Crippen molar-refractivity contribution in [2.24, 2.45) is 0 Å². The van der Waals surface area contributed by atoms with Gasteiger partial charge in [0.15, 0.2) is 0 Å². The lowest BCUT2D eigenvalue weighted by Crippen LogP contribution is -2.38. The molecule has 0 bridgehead atoms. The van der Waals surface area contributed by atoms with E-state index in [-0.39, 0.29) is 12.0 Å². The van der Waals surface area contributed by atoms with Gasteiger partial charge in [-0.05, 0) is 31.0 Å². The van der Waals surface area contributed by atoms with Crippen molar-refractivity contribution >= 4 is 17.7 Å². The van der Waals surface area contributed by atoms with E-state index in [1.165, 1.54) is 11.8 Å². The van der Waals surface area contributed by atoms with E-state index < -0.39 is 0 Å². The molecule has 132 valence electrons. The first-order valence-corrected chi connectivity index (χ1v) is 9.81. The van der Waals surface area contributed by atoms with Gasteiger partial charge >= 0.3 is 0 Å². The Morgan fingerprint density at radius 2 is 2.12 bits per heavy atom. The molecule has 1 atom stereocenters. The molecule has 1 aromatic heterocycles. The van der Waals surface area contributed by atoms with Gasteiger partial charge in [-0.1, -0.05) is 49.4 Å². The second-order valence-electron chi connectivity index (χ2n) is 6.22. The first kappa shape index (κ1) is 17.8. The number of thioether (sulfide) groups is 1. The maximum atomic E-state index is 12.8. The number of aromatic nitrogens is 1. The van der Waals surface area contributed by atoms with E-state index in [0.29, 0.717) is 18.8 Å². The minimum Gasteiger partial charge on any atom is -0.488 e. The number of fused-ring (bicyclic) bond motifs is 1. The summed E-state index contributed by atoms with van der Waals surface area (Å²) in [5.41, 5.74) is 1.08. The van der Waals surface area contributed by atoms with Crippen molar-refractivity contribution in [3.05, 3.63) is 54.2 Å². The van der Waals surface area contributed by atoms with Crippen LogP contribution in [0.4, 0.5) is 0 Å². The predicted octanol–water partition coefficient (Wildman–Crippen LogP) is 4.15. The van der Waals surface area contributed by atoms with Crippen molar-refractivity contribution in [1.82, 2.24) is 9.88 Å². The van der Waals surface area contributed by atoms with E-state index in [4.69, 9.17) is 4.74 Å². The smallest absolute Gasteiger partial charge is 0.233 e. The van der Waals surface area contributed by atoms with Gasteiger partial charge in [-0.25, -0.2) is 4.98 Å². The number of nitrogens with zero attached hydrogens (tertiary/aromatic N) is 2. The number of benzene rings is 1. The van der Waals surface area contributed by atoms with Crippen molar-refractivity contribution in [1.29, 1.82) is 0 Å². The second kappa shape index (κ2) is 8.90. The van der Waals surface area contributed by atoms with Gasteiger partial charge in [-0.2, -0.15) is 0 Å². The Morgan fingerprint density at radius 3 is 2.92 bits per heavy atom. The fourth-order valence-electron chi connectivity index (χ4n) is 2.91. The first-order valence-electron chi connectivity index (χ1n) is 8.82. The zero-order valence-electron chi connectivity index (χ0n) is 14.6. The lowest BCUT2D eigenvalue weighted by Gasteiger charge is -2.24. The van der Waals surface area contributed by atoms with E-state index in [2.05, 4.69) is 11.9 Å². The van der Waals surface area contributed by atoms with Gasteiger partial charge in [0.2, 0.25) is 5.91 Å². The average Bonchev–Trinajstić information content (AvgIpc) is 2.84. The Kier molecular flexibility index (Phi) is 6.34. The maximum Gasteiger partial charge on any atom is 0.233 e. The second-order valence-corrected chi connectivity index (χ2v) is 7.22. The largest absolute Gasteiger partial charge is 0.488 e. The molecule has 25 heavy (non-hydrogen) atoms. The van der Waals surface area contributed by atoms with Crippen LogP contribution in [0.5, 0.6) is 5.75 Å². The summed E-state index contributed by atoms with van der Waals surface area (Å²) in [5.74, 6) is 1.45. The molecule has 0 aliphatic carbocycles. The number of para-hydroxylation sites is 1. The molecule has 4 nitrogen and oxygen atoms in total. The SMILES string of the molecule is CCCC[C@@H]1CN(C(=O)CSc2ccccn2)Cc2ccccc2O1. The number of rotatable bonds is 6. The molecule has 0 saturated heterocycles. The number of hydrogen-bond acceptors (Lipinski definition) is 4. The van der Waals surface area contributed by atoms with Gasteiger partial charge in [0, 0.05) is 18.3 Å². The molecule has 0 fully saturated rings. The fraction of sp³-hybridized carbons (Fsp3) is 0.400. The van der Waals surface area contributed by atoms with Crippen molar-refractivity contribution in [3.8, 4) is 5.75 Å². The summed E-state index contributed by atoms with van der Waals surface area (Å²) in [7, 11) is 0. The molecule has 1 aliphatic rings. The van der Waals surface area contributed by atoms with Gasteiger partial charge in [-0.3, -0.25) is 4.79 Å². The number of hydrogen-bond donors (Lipinski definition) is 0. The molecule has 2 heterocycles. The van der Waals surface area contributed by atoms with Crippen molar-refractivity contribution in [3.63, 3.8) is 0 Å². The van der Waals surface area contributed by atoms with Crippen LogP contribution in [0.25, 0.3) is 0 Å². The predicted molar refractivity (Wildman–Crippen MR) is 101 cm³/mol. The van der Waals surface area contributed by atoms with E-state index in [1.54, 1.807) is 6.20 Å². The van der Waals surface area contributed by atoms with Gasteiger partial charge < -0.3 is 9.64 Å². The highest BCUT2D eigenvalue weighted by Crippen LogP contribution is 2.27. The molecule has 0 saturated carbocycles. The molecule has 0 unspecified atom stereocenters. The van der Waals surface area contributed by atoms with Crippen molar-refractivity contribution < 1.29 is 9.53 Å². The van der Waals surface area contributed by atoms with E-state index in [1.807, 2.05) is 47.4 Å². The number of carbonyl (C=O) groups excluding carboxylic acids is 1. The Hall–Kier alpha value is -2.01. The molecule has 5 heteroatoms. The third-order valence-corrected chi connectivity index (χ3v) is 5.19. The molecule has 1 aliphatic heterocycles. The highest BCUT2D eigenvalue weighted by molar-refractivity contribution is 7.99. The van der Waals surface area contributed by atoms with Crippen LogP contribution < -0.4 is 4.74 Å². The van der Waals surface area contributed by atoms with Gasteiger partial charge in [-0.15, -0.1) is 0 Å². The molecule has 0 radical (unpaired) electrons. The van der Waals surface area contributed by atoms with Crippen LogP contribution in [-0.2, 0) is 11.3 Å². The minimum atomic E-state index is 0.0624. The number of ether oxygens (including phenoxy) is 1. The van der Waals surface area contributed by atoms with Crippen LogP contribution >= 0.6 is 11.8 Å². The summed E-state index contributed by atoms with van der Waals surface area (Å²) >= 11 is 1.49. The topological polar surface area (TPSA) is 42.4 Å². The molecule has 3 rings (SSSR count). The van der Waals surface area contributed by atoms with E-state index in [9.17, 15) is 4.79 Å². The summed E-state index contributed by atoms with van der Waals surface area (Å²) in [4.78, 5) is 19.0. The summed E-state index contributed by atoms with van der Waals surface area (Å²) in [5, 5.41) is 0.879. The summed E-state index contributed by atoms with van der Waals surface area (Å²) < 4.78 is 6.19. The molecule has 1 amide bonds. The first-order chi connectivity index (χ1) is 12.3. The van der Waals surface area contributed by atoms with Gasteiger partial charge in [0.05, 0.1) is 17.3 Å². The van der Waals surface area contributed by atoms with Gasteiger partial charge in [0.25, 0.3) is 0 Å². The van der Waals surface area contributed by atoms with Crippen LogP contribution in [0, 0.1) is 0 Å². The third-order valence-electron chi connectivity index (χ3n) is 4.27. The summed E-state index contributed by atoms with van der Waals surface area (Å²) in [6, 6.07) is 13.8. The fourth-order valence-corrected chi connectivity index (χ4v) is 3.68. The summed E-state index contributed by atoms with van der Waals surface area (Å²) in [6.45, 7) is 3.44. The Balaban J connectivity index is 1.69. The van der Waals surface area contributed by atoms with Crippen molar-refractivity contribution in [2.45, 2.75) is 43.9 Å². The molecule has 1 aromatic carbocycles. The Bertz CT molecular complexity index is 693. The van der Waals surface area contributed by atoms with Gasteiger partial charge in [0.1, 0.15) is 11.9 Å². The third kappa shape index (κ3) is 4.98. The van der Waals surface area contributed by atoms with Crippen LogP contribution in [-0.4, -0.2) is 34.2 Å². The molecule has 2 aromatic rings. The number of pyridine rings is 1. The summed E-state index contributed by atoms with van der Waals surface area (Å²) in [6.07, 6.45) is 5.03. The standard InChI is InChI=1S/C20H24N2O2S/c1-2-3-9-17-14-22(13-16-8-4-5-10-18(16)24-17)20(23)15-25-19-11-6-7-12-21-19/h4-8,10-12,17H,2-3,9,13-15H2,1H3/t17-/m1/s1. The maximum absolute atomic E-state index is 12.8. The highest BCUT2D eigenvalue weighted by atomic mass is 32.2. The Labute approximate surface area is 153 Å². The Morgan fingerprint density at radius 1 is 1.28 bits per heavy atom. The lowest BCUT2D eigenvalue weighted by molar-refractivity contribution is -0.129. The quantitative estimate of drug-likeness (QED) is 0.729. The van der Waals surface area contributed by atoms with Crippen LogP contribution in [0.15, 0.2) is 53.7 Å². The molecule has 0 N–H and O–H groups in total. The molecular formula is C20H24N2O2S. The van der Waals surface area contributed by atoms with Crippen LogP contribution in [0.2, 0.25) is 0 Å². The minimum absolute atomic E-state index is 0.0624. The zero-order valence-corrected chi connectivity index (χ0v) is 15.4. The van der Waals surface area contributed by atoms with E-state index >= 15 is 0 Å². The molecule has 0 spiro atoms. The van der Waals surface area contributed by atoms with E-state index in [0.717, 1.165) is 35.6 Å². The number of unbranched alkanes of at least 4 members (excludes halogenated alkanes) is 1. The monoisotopic (exact) mass is 356 g/mol. The average molecular weight is 356 g/mol. The zero-order chi connectivity index (χ0) is 17.5. The number of amides is 1.